The Morgan fingerprint density at radius 2 is 1.13 bits per heavy atom. The molecule has 0 radical (unpaired) electrons. The van der Waals surface area contributed by atoms with Gasteiger partial charge in [-0.15, -0.1) is 22.7 Å². The summed E-state index contributed by atoms with van der Waals surface area (Å²) in [6.45, 7) is 0. The summed E-state index contributed by atoms with van der Waals surface area (Å²) in [5.41, 5.74) is -1.09. The number of hydrogen-bond donors (Lipinski definition) is 0. The second-order valence-electron chi connectivity index (χ2n) is 11.4. The van der Waals surface area contributed by atoms with Gasteiger partial charge in [-0.25, -0.2) is 17.6 Å². The van der Waals surface area contributed by atoms with Crippen LogP contribution in [-0.2, 0) is 15.2 Å². The molecule has 8 rings (SSSR count). The summed E-state index contributed by atoms with van der Waals surface area (Å²) in [6.07, 6.45) is 7.19. The number of halogens is 4. The highest BCUT2D eigenvalue weighted by molar-refractivity contribution is 7.23. The maximum atomic E-state index is 14.5. The van der Waals surface area contributed by atoms with E-state index < -0.39 is 63.1 Å². The minimum absolute atomic E-state index is 0.0906. The highest BCUT2D eigenvalue weighted by Crippen LogP contribution is 2.57. The third-order valence-electron chi connectivity index (χ3n) is 8.75. The summed E-state index contributed by atoms with van der Waals surface area (Å²) in [5.74, 6) is -7.36. The van der Waals surface area contributed by atoms with E-state index in [1.54, 1.807) is 6.07 Å². The van der Waals surface area contributed by atoms with E-state index >= 15 is 0 Å². The molecule has 0 saturated heterocycles. The Morgan fingerprint density at radius 3 is 1.69 bits per heavy atom. The monoisotopic (exact) mass is 646 g/mol. The number of carbonyl (C=O) groups is 4. The Hall–Kier alpha value is -4.48. The molecule has 0 atom stereocenters. The first-order valence-electron chi connectivity index (χ1n) is 14.1. The lowest BCUT2D eigenvalue weighted by Crippen LogP contribution is -2.37. The highest BCUT2D eigenvalue weighted by atomic mass is 32.1. The molecule has 45 heavy (non-hydrogen) atoms. The number of benzene rings is 2. The highest BCUT2D eigenvalue weighted by Gasteiger charge is 2.45. The van der Waals surface area contributed by atoms with E-state index in [4.69, 9.17) is 4.74 Å². The van der Waals surface area contributed by atoms with Crippen molar-refractivity contribution in [1.29, 1.82) is 0 Å². The van der Waals surface area contributed by atoms with Crippen molar-refractivity contribution in [1.82, 2.24) is 0 Å². The van der Waals surface area contributed by atoms with Crippen molar-refractivity contribution in [2.45, 2.75) is 37.7 Å². The lowest BCUT2D eigenvalue weighted by molar-refractivity contribution is -0.110. The largest absolute Gasteiger partial charge is 0.481 e. The standard InChI is InChI=1S/C34H18F4O5S2/c35-14-6-18-20(28(39)30(41)26(18)23(37)8-14)10-16-12-22-32(44-16)33-25(43-34(22)4-2-1-3-5-34)13-17(45-33)11-21-19-7-15(36)9-24(38)27(19)31(42)29(21)40/h6-13H,1-5H2/b20-10-,21-11-. The molecule has 5 nitrogen and oxygen atoms in total. The van der Waals surface area contributed by atoms with Gasteiger partial charge in [0.25, 0.3) is 0 Å². The van der Waals surface area contributed by atoms with Gasteiger partial charge >= 0.3 is 0 Å². The fourth-order valence-electron chi connectivity index (χ4n) is 6.77. The number of fused-ring (bicyclic) bond motifs is 6. The quantitative estimate of drug-likeness (QED) is 0.125. The van der Waals surface area contributed by atoms with Crippen LogP contribution in [0.1, 0.15) is 79.3 Å². The number of ether oxygens (including phenoxy) is 1. The third-order valence-corrected chi connectivity index (χ3v) is 11.1. The van der Waals surface area contributed by atoms with Crippen LogP contribution in [0, 0.1) is 23.3 Å². The van der Waals surface area contributed by atoms with Crippen molar-refractivity contribution in [3.8, 4) is 15.5 Å². The normalized spacial score (nSPS) is 19.7. The van der Waals surface area contributed by atoms with Crippen molar-refractivity contribution < 1.29 is 41.5 Å². The van der Waals surface area contributed by atoms with Gasteiger partial charge in [-0.05, 0) is 62.1 Å². The zero-order valence-electron chi connectivity index (χ0n) is 23.0. The molecule has 4 aromatic rings. The van der Waals surface area contributed by atoms with Crippen molar-refractivity contribution in [2.75, 3.05) is 0 Å². The minimum atomic E-state index is -1.10. The van der Waals surface area contributed by atoms with Crippen LogP contribution >= 0.6 is 22.7 Å². The molecule has 1 spiro atoms. The molecule has 0 unspecified atom stereocenters. The number of thiophene rings is 2. The van der Waals surface area contributed by atoms with E-state index in [9.17, 15) is 36.7 Å². The van der Waals surface area contributed by atoms with Gasteiger partial charge in [0.15, 0.2) is 0 Å². The van der Waals surface area contributed by atoms with Crippen molar-refractivity contribution in [2.24, 2.45) is 0 Å². The first-order valence-corrected chi connectivity index (χ1v) is 15.8. The lowest BCUT2D eigenvalue weighted by atomic mass is 9.78. The predicted molar refractivity (Wildman–Crippen MR) is 160 cm³/mol. The van der Waals surface area contributed by atoms with Gasteiger partial charge in [0.2, 0.25) is 23.1 Å². The van der Waals surface area contributed by atoms with Crippen LogP contribution in [0.3, 0.4) is 0 Å². The molecule has 11 heteroatoms. The molecular formula is C34H18F4O5S2. The zero-order chi connectivity index (χ0) is 31.4. The van der Waals surface area contributed by atoms with Crippen molar-refractivity contribution >= 4 is 69.1 Å². The summed E-state index contributed by atoms with van der Waals surface area (Å²) >= 11 is 2.60. The Balaban J connectivity index is 1.26. The number of Topliss-reactive ketones (excluding diaryl/α,β-unsaturated/α-hetero) is 4. The molecule has 3 aliphatic carbocycles. The maximum absolute atomic E-state index is 14.5. The summed E-state index contributed by atoms with van der Waals surface area (Å²) < 4.78 is 63.7. The molecule has 4 aliphatic rings. The first kappa shape index (κ1) is 28.0. The van der Waals surface area contributed by atoms with E-state index in [1.165, 1.54) is 34.8 Å². The number of carbonyl (C=O) groups excluding carboxylic acids is 4. The molecule has 0 amide bonds. The van der Waals surface area contributed by atoms with E-state index in [0.29, 0.717) is 40.5 Å². The van der Waals surface area contributed by atoms with Gasteiger partial charge in [0.1, 0.15) is 34.6 Å². The van der Waals surface area contributed by atoms with E-state index in [2.05, 4.69) is 0 Å². The average molecular weight is 647 g/mol. The SMILES string of the molecule is O=C1C(=O)c2c(F)cc(F)cc2/C1=C/c1cc2c(s1)-c1sc(/C=C3\C(=O)C(=O)c4c(F)cc(F)cc43)cc1C1(CCCCC1)O2. The van der Waals surface area contributed by atoms with Gasteiger partial charge in [0, 0.05) is 49.7 Å². The molecule has 1 fully saturated rings. The molecule has 0 bridgehead atoms. The van der Waals surface area contributed by atoms with Crippen LogP contribution in [-0.4, -0.2) is 23.1 Å². The minimum Gasteiger partial charge on any atom is -0.481 e. The van der Waals surface area contributed by atoms with Crippen LogP contribution < -0.4 is 4.74 Å². The van der Waals surface area contributed by atoms with Gasteiger partial charge in [-0.2, -0.15) is 0 Å². The molecule has 1 aliphatic heterocycles. The third kappa shape index (κ3) is 4.10. The van der Waals surface area contributed by atoms with Gasteiger partial charge in [-0.3, -0.25) is 19.2 Å². The van der Waals surface area contributed by atoms with Crippen molar-refractivity contribution in [3.63, 3.8) is 0 Å². The Bertz CT molecular complexity index is 2140. The van der Waals surface area contributed by atoms with Crippen LogP contribution in [0.5, 0.6) is 5.75 Å². The Morgan fingerprint density at radius 1 is 0.622 bits per heavy atom. The van der Waals surface area contributed by atoms with E-state index in [0.717, 1.165) is 46.7 Å². The van der Waals surface area contributed by atoms with Gasteiger partial charge in [-0.1, -0.05) is 6.42 Å². The number of allylic oxidation sites excluding steroid dienone is 2. The van der Waals surface area contributed by atoms with Crippen LogP contribution in [0.2, 0.25) is 0 Å². The summed E-state index contributed by atoms with van der Waals surface area (Å²) in [5, 5.41) is 0. The maximum Gasteiger partial charge on any atom is 0.237 e. The van der Waals surface area contributed by atoms with Crippen molar-refractivity contribution in [3.05, 3.63) is 97.2 Å². The molecule has 1 saturated carbocycles. The van der Waals surface area contributed by atoms with Crippen LogP contribution in [0.15, 0.2) is 36.4 Å². The molecule has 2 aromatic carbocycles. The first-order chi connectivity index (χ1) is 21.5. The topological polar surface area (TPSA) is 77.5 Å². The Labute approximate surface area is 260 Å². The second-order valence-corrected chi connectivity index (χ2v) is 13.6. The second kappa shape index (κ2) is 9.76. The van der Waals surface area contributed by atoms with Crippen LogP contribution in [0.4, 0.5) is 17.6 Å². The summed E-state index contributed by atoms with van der Waals surface area (Å²) in [6, 6.07) is 6.71. The van der Waals surface area contributed by atoms with Crippen LogP contribution in [0.25, 0.3) is 33.1 Å². The summed E-state index contributed by atoms with van der Waals surface area (Å²) in [7, 11) is 0. The smallest absolute Gasteiger partial charge is 0.237 e. The average Bonchev–Trinajstić information content (AvgIpc) is 3.71. The molecule has 3 heterocycles. The fraction of sp³-hybridized carbons (Fsp3) is 0.176. The molecule has 0 N–H and O–H groups in total. The molecular weight excluding hydrogens is 628 g/mol. The van der Waals surface area contributed by atoms with E-state index in [1.807, 2.05) is 6.07 Å². The lowest BCUT2D eigenvalue weighted by Gasteiger charge is -2.40. The number of rotatable bonds is 2. The van der Waals surface area contributed by atoms with Gasteiger partial charge in [0.05, 0.1) is 20.9 Å². The number of ketones is 4. The summed E-state index contributed by atoms with van der Waals surface area (Å²) in [4.78, 5) is 53.5. The molecule has 224 valence electrons. The molecule has 2 aromatic heterocycles. The van der Waals surface area contributed by atoms with E-state index in [-0.39, 0.29) is 22.3 Å². The Kier molecular flexibility index (Phi) is 6.08. The fourth-order valence-corrected chi connectivity index (χ4v) is 9.14. The predicted octanol–water partition coefficient (Wildman–Crippen LogP) is 8.20. The van der Waals surface area contributed by atoms with Gasteiger partial charge < -0.3 is 4.74 Å². The number of hydrogen-bond acceptors (Lipinski definition) is 7. The zero-order valence-corrected chi connectivity index (χ0v) is 24.7.